The second kappa shape index (κ2) is 6.72. The number of hydrogen-bond donors (Lipinski definition) is 0. The Labute approximate surface area is 118 Å². The molecule has 0 amide bonds. The lowest BCUT2D eigenvalue weighted by atomic mass is 10.1. The van der Waals surface area contributed by atoms with Gasteiger partial charge in [0.05, 0.1) is 0 Å². The van der Waals surface area contributed by atoms with Gasteiger partial charge in [0, 0.05) is 9.79 Å². The lowest BCUT2D eigenvalue weighted by Gasteiger charge is -2.02. The Balaban J connectivity index is 2.19. The zero-order valence-corrected chi connectivity index (χ0v) is 12.2. The highest BCUT2D eigenvalue weighted by atomic mass is 32.2. The Morgan fingerprint density at radius 3 is 2.17 bits per heavy atom. The highest BCUT2D eigenvalue weighted by Crippen LogP contribution is 2.22. The molecule has 18 heavy (non-hydrogen) atoms. The van der Waals surface area contributed by atoms with E-state index in [9.17, 15) is 0 Å². The van der Waals surface area contributed by atoms with E-state index in [4.69, 9.17) is 0 Å². The number of thioether (sulfide) groups is 2. The normalized spacial score (nSPS) is 11.0. The predicted molar refractivity (Wildman–Crippen MR) is 85.4 cm³/mol. The zero-order chi connectivity index (χ0) is 12.8. The largest absolute Gasteiger partial charge is 0.130 e. The molecule has 0 unspecified atom stereocenters. The van der Waals surface area contributed by atoms with Crippen molar-refractivity contribution in [2.45, 2.75) is 9.79 Å². The minimum absolute atomic E-state index is 1.24. The maximum absolute atomic E-state index is 2.18. The van der Waals surface area contributed by atoms with Gasteiger partial charge in [0.1, 0.15) is 0 Å². The van der Waals surface area contributed by atoms with E-state index in [1.165, 1.54) is 20.9 Å². The standard InChI is InChI=1S/C16H16S2/c1-17-15-11-8-13(9-12-15)7-10-14-5-3-4-6-16(14)18-2/h3-12H,1-2H3/b10-7+. The Morgan fingerprint density at radius 1 is 0.778 bits per heavy atom. The van der Waals surface area contributed by atoms with Crippen molar-refractivity contribution in [3.05, 3.63) is 59.7 Å². The summed E-state index contributed by atoms with van der Waals surface area (Å²) in [5, 5.41) is 0. The molecule has 0 aliphatic heterocycles. The van der Waals surface area contributed by atoms with Crippen LogP contribution in [0.5, 0.6) is 0 Å². The third-order valence-corrected chi connectivity index (χ3v) is 4.27. The molecule has 0 bridgehead atoms. The average Bonchev–Trinajstić information content (AvgIpc) is 2.46. The van der Waals surface area contributed by atoms with Gasteiger partial charge < -0.3 is 0 Å². The van der Waals surface area contributed by atoms with Gasteiger partial charge in [-0.1, -0.05) is 42.5 Å². The van der Waals surface area contributed by atoms with E-state index in [1.54, 1.807) is 23.5 Å². The van der Waals surface area contributed by atoms with Gasteiger partial charge in [0.25, 0.3) is 0 Å². The maximum atomic E-state index is 2.18. The Bertz CT molecular complexity index is 527. The van der Waals surface area contributed by atoms with Crippen molar-refractivity contribution >= 4 is 35.7 Å². The number of hydrogen-bond acceptors (Lipinski definition) is 2. The minimum Gasteiger partial charge on any atom is -0.130 e. The molecule has 0 radical (unpaired) electrons. The average molecular weight is 272 g/mol. The number of benzene rings is 2. The van der Waals surface area contributed by atoms with E-state index in [-0.39, 0.29) is 0 Å². The van der Waals surface area contributed by atoms with Crippen LogP contribution < -0.4 is 0 Å². The summed E-state index contributed by atoms with van der Waals surface area (Å²) >= 11 is 3.55. The van der Waals surface area contributed by atoms with Crippen LogP contribution in [0.3, 0.4) is 0 Å². The monoisotopic (exact) mass is 272 g/mol. The van der Waals surface area contributed by atoms with Crippen LogP contribution in [0.2, 0.25) is 0 Å². The van der Waals surface area contributed by atoms with E-state index in [0.29, 0.717) is 0 Å². The molecule has 2 rings (SSSR count). The zero-order valence-electron chi connectivity index (χ0n) is 10.6. The van der Waals surface area contributed by atoms with Crippen LogP contribution in [-0.2, 0) is 0 Å². The Kier molecular flexibility index (Phi) is 4.97. The van der Waals surface area contributed by atoms with Gasteiger partial charge in [0.15, 0.2) is 0 Å². The van der Waals surface area contributed by atoms with Crippen LogP contribution >= 0.6 is 23.5 Å². The van der Waals surface area contributed by atoms with Gasteiger partial charge in [-0.2, -0.15) is 0 Å². The molecule has 2 aromatic rings. The highest BCUT2D eigenvalue weighted by molar-refractivity contribution is 7.98. The van der Waals surface area contributed by atoms with Crippen molar-refractivity contribution in [3.8, 4) is 0 Å². The van der Waals surface area contributed by atoms with Crippen LogP contribution in [0.4, 0.5) is 0 Å². The predicted octanol–water partition coefficient (Wildman–Crippen LogP) is 5.30. The molecular formula is C16H16S2. The van der Waals surface area contributed by atoms with Crippen LogP contribution in [-0.4, -0.2) is 12.5 Å². The first-order chi connectivity index (χ1) is 8.83. The highest BCUT2D eigenvalue weighted by Gasteiger charge is 1.96. The van der Waals surface area contributed by atoms with Crippen molar-refractivity contribution in [2.75, 3.05) is 12.5 Å². The van der Waals surface area contributed by atoms with Crippen molar-refractivity contribution in [3.63, 3.8) is 0 Å². The summed E-state index contributed by atoms with van der Waals surface area (Å²) in [5.41, 5.74) is 2.52. The molecular weight excluding hydrogens is 256 g/mol. The maximum Gasteiger partial charge on any atom is 0.0142 e. The SMILES string of the molecule is CSc1ccc(/C=C/c2ccccc2SC)cc1. The topological polar surface area (TPSA) is 0 Å². The fraction of sp³-hybridized carbons (Fsp3) is 0.125. The summed E-state index contributed by atoms with van der Waals surface area (Å²) in [5.74, 6) is 0. The molecule has 0 fully saturated rings. The summed E-state index contributed by atoms with van der Waals surface area (Å²) in [6.45, 7) is 0. The smallest absolute Gasteiger partial charge is 0.0142 e. The first-order valence-corrected chi connectivity index (χ1v) is 8.23. The van der Waals surface area contributed by atoms with E-state index < -0.39 is 0 Å². The van der Waals surface area contributed by atoms with E-state index in [0.717, 1.165) is 0 Å². The van der Waals surface area contributed by atoms with Gasteiger partial charge in [-0.3, -0.25) is 0 Å². The van der Waals surface area contributed by atoms with Gasteiger partial charge >= 0.3 is 0 Å². The second-order valence-corrected chi connectivity index (χ2v) is 5.58. The van der Waals surface area contributed by atoms with Gasteiger partial charge in [-0.05, 0) is 41.8 Å². The fourth-order valence-electron chi connectivity index (χ4n) is 1.71. The summed E-state index contributed by atoms with van der Waals surface area (Å²) in [7, 11) is 0. The molecule has 2 heteroatoms. The minimum atomic E-state index is 1.24. The van der Waals surface area contributed by atoms with Crippen molar-refractivity contribution in [1.29, 1.82) is 0 Å². The first-order valence-electron chi connectivity index (χ1n) is 5.78. The van der Waals surface area contributed by atoms with E-state index in [2.05, 4.69) is 73.2 Å². The third kappa shape index (κ3) is 3.44. The van der Waals surface area contributed by atoms with Crippen LogP contribution in [0.1, 0.15) is 11.1 Å². The molecule has 0 spiro atoms. The molecule has 2 aromatic carbocycles. The molecule has 0 aliphatic rings. The quantitative estimate of drug-likeness (QED) is 0.547. The number of rotatable bonds is 4. The van der Waals surface area contributed by atoms with Crippen molar-refractivity contribution in [2.24, 2.45) is 0 Å². The van der Waals surface area contributed by atoms with Crippen molar-refractivity contribution in [1.82, 2.24) is 0 Å². The molecule has 0 heterocycles. The van der Waals surface area contributed by atoms with Crippen LogP contribution in [0.15, 0.2) is 58.3 Å². The van der Waals surface area contributed by atoms with Gasteiger partial charge in [-0.15, -0.1) is 23.5 Å². The molecule has 0 saturated heterocycles. The molecule has 0 aliphatic carbocycles. The van der Waals surface area contributed by atoms with E-state index in [1.807, 2.05) is 0 Å². The lowest BCUT2D eigenvalue weighted by molar-refractivity contribution is 1.43. The van der Waals surface area contributed by atoms with Crippen LogP contribution in [0, 0.1) is 0 Å². The fourth-order valence-corrected chi connectivity index (χ4v) is 2.70. The summed E-state index contributed by atoms with van der Waals surface area (Å²) < 4.78 is 0. The van der Waals surface area contributed by atoms with Gasteiger partial charge in [-0.25, -0.2) is 0 Å². The molecule has 0 saturated carbocycles. The molecule has 0 aromatic heterocycles. The van der Waals surface area contributed by atoms with E-state index >= 15 is 0 Å². The van der Waals surface area contributed by atoms with Crippen molar-refractivity contribution < 1.29 is 0 Å². The Hall–Kier alpha value is -1.12. The van der Waals surface area contributed by atoms with Crippen LogP contribution in [0.25, 0.3) is 12.2 Å². The molecule has 0 N–H and O–H groups in total. The molecule has 92 valence electrons. The second-order valence-electron chi connectivity index (χ2n) is 3.85. The molecule has 0 atom stereocenters. The lowest BCUT2D eigenvalue weighted by Crippen LogP contribution is -1.78. The first kappa shape index (κ1) is 13.3. The molecule has 0 nitrogen and oxygen atoms in total. The summed E-state index contributed by atoms with van der Waals surface area (Å²) in [6, 6.07) is 17.1. The Morgan fingerprint density at radius 2 is 1.50 bits per heavy atom. The third-order valence-electron chi connectivity index (χ3n) is 2.71. The summed E-state index contributed by atoms with van der Waals surface area (Å²) in [4.78, 5) is 2.62. The van der Waals surface area contributed by atoms with Gasteiger partial charge in [0.2, 0.25) is 0 Å². The summed E-state index contributed by atoms with van der Waals surface area (Å²) in [6.07, 6.45) is 8.55.